The SMILES string of the molecule is COc1ccc(-n2nc(C(=O)NN)cc2-c2cc(OC)ccc2OC)cc1. The maximum Gasteiger partial charge on any atom is 0.285 e. The van der Waals surface area contributed by atoms with Crippen LogP contribution in [0.3, 0.4) is 0 Å². The van der Waals surface area contributed by atoms with Crippen molar-refractivity contribution < 1.29 is 19.0 Å². The number of rotatable bonds is 6. The number of hydrazine groups is 1. The van der Waals surface area contributed by atoms with Crippen LogP contribution in [0.2, 0.25) is 0 Å². The minimum absolute atomic E-state index is 0.174. The van der Waals surface area contributed by atoms with E-state index in [0.717, 1.165) is 11.3 Å². The van der Waals surface area contributed by atoms with E-state index in [1.54, 1.807) is 44.2 Å². The van der Waals surface area contributed by atoms with Gasteiger partial charge >= 0.3 is 0 Å². The molecule has 8 nitrogen and oxygen atoms in total. The molecular weight excluding hydrogens is 348 g/mol. The fraction of sp³-hybridized carbons (Fsp3) is 0.158. The molecule has 0 atom stereocenters. The lowest BCUT2D eigenvalue weighted by Gasteiger charge is -2.13. The lowest BCUT2D eigenvalue weighted by Crippen LogP contribution is -2.30. The van der Waals surface area contributed by atoms with Crippen LogP contribution >= 0.6 is 0 Å². The van der Waals surface area contributed by atoms with Crippen LogP contribution in [0.15, 0.2) is 48.5 Å². The van der Waals surface area contributed by atoms with E-state index >= 15 is 0 Å². The number of nitrogen functional groups attached to an aromatic ring is 1. The zero-order chi connectivity index (χ0) is 19.4. The minimum Gasteiger partial charge on any atom is -0.497 e. The molecule has 1 aromatic heterocycles. The van der Waals surface area contributed by atoms with Crippen molar-refractivity contribution in [1.82, 2.24) is 15.2 Å². The van der Waals surface area contributed by atoms with E-state index in [9.17, 15) is 4.79 Å². The van der Waals surface area contributed by atoms with E-state index in [1.165, 1.54) is 0 Å². The highest BCUT2D eigenvalue weighted by atomic mass is 16.5. The van der Waals surface area contributed by atoms with Crippen LogP contribution in [-0.2, 0) is 0 Å². The number of amides is 1. The van der Waals surface area contributed by atoms with Crippen LogP contribution in [0, 0.1) is 0 Å². The molecule has 0 fully saturated rings. The van der Waals surface area contributed by atoms with Gasteiger partial charge in [-0.3, -0.25) is 10.2 Å². The monoisotopic (exact) mass is 368 g/mol. The number of carbonyl (C=O) groups is 1. The molecule has 1 amide bonds. The minimum atomic E-state index is -0.495. The van der Waals surface area contributed by atoms with Crippen LogP contribution in [0.4, 0.5) is 0 Å². The number of benzene rings is 2. The Hall–Kier alpha value is -3.52. The van der Waals surface area contributed by atoms with Crippen molar-refractivity contribution in [2.75, 3.05) is 21.3 Å². The average Bonchev–Trinajstić information content (AvgIpc) is 3.18. The molecule has 27 heavy (non-hydrogen) atoms. The van der Waals surface area contributed by atoms with Gasteiger partial charge < -0.3 is 14.2 Å². The third-order valence-corrected chi connectivity index (χ3v) is 4.07. The van der Waals surface area contributed by atoms with Crippen molar-refractivity contribution in [3.05, 3.63) is 54.2 Å². The topological polar surface area (TPSA) is 101 Å². The molecule has 3 aromatic rings. The summed E-state index contributed by atoms with van der Waals surface area (Å²) in [5.74, 6) is 6.76. The molecule has 140 valence electrons. The summed E-state index contributed by atoms with van der Waals surface area (Å²) in [5, 5.41) is 4.40. The van der Waals surface area contributed by atoms with Gasteiger partial charge in [-0.25, -0.2) is 10.5 Å². The molecule has 0 radical (unpaired) electrons. The van der Waals surface area contributed by atoms with Gasteiger partial charge in [0.2, 0.25) is 0 Å². The smallest absolute Gasteiger partial charge is 0.285 e. The predicted molar refractivity (Wildman–Crippen MR) is 100 cm³/mol. The highest BCUT2D eigenvalue weighted by molar-refractivity contribution is 5.93. The Morgan fingerprint density at radius 1 is 0.963 bits per heavy atom. The summed E-state index contributed by atoms with van der Waals surface area (Å²) in [7, 11) is 4.76. The molecule has 0 aliphatic rings. The van der Waals surface area contributed by atoms with Crippen molar-refractivity contribution in [1.29, 1.82) is 0 Å². The number of nitrogens with two attached hydrogens (primary N) is 1. The lowest BCUT2D eigenvalue weighted by atomic mass is 10.1. The highest BCUT2D eigenvalue weighted by Gasteiger charge is 2.19. The standard InChI is InChI=1S/C19H20N4O4/c1-25-13-6-4-12(5-7-13)23-17(11-16(22-23)19(24)21-20)15-10-14(26-2)8-9-18(15)27-3/h4-11H,20H2,1-3H3,(H,21,24). The van der Waals surface area contributed by atoms with Gasteiger partial charge in [0.05, 0.1) is 32.7 Å². The number of hydrogen-bond acceptors (Lipinski definition) is 6. The first kappa shape index (κ1) is 18.3. The van der Waals surface area contributed by atoms with Gasteiger partial charge in [-0.1, -0.05) is 0 Å². The van der Waals surface area contributed by atoms with Crippen LogP contribution in [0.1, 0.15) is 10.5 Å². The lowest BCUT2D eigenvalue weighted by molar-refractivity contribution is 0.0948. The van der Waals surface area contributed by atoms with Crippen molar-refractivity contribution in [2.24, 2.45) is 5.84 Å². The summed E-state index contributed by atoms with van der Waals surface area (Å²) < 4.78 is 17.6. The van der Waals surface area contributed by atoms with E-state index in [-0.39, 0.29) is 5.69 Å². The number of aromatic nitrogens is 2. The Bertz CT molecular complexity index is 951. The normalized spacial score (nSPS) is 10.4. The highest BCUT2D eigenvalue weighted by Crippen LogP contribution is 2.35. The average molecular weight is 368 g/mol. The van der Waals surface area contributed by atoms with Gasteiger partial charge in [0.25, 0.3) is 5.91 Å². The summed E-state index contributed by atoms with van der Waals surface area (Å²) >= 11 is 0. The van der Waals surface area contributed by atoms with Crippen molar-refractivity contribution in [2.45, 2.75) is 0 Å². The summed E-state index contributed by atoms with van der Waals surface area (Å²) in [6.07, 6.45) is 0. The van der Waals surface area contributed by atoms with Crippen LogP contribution in [-0.4, -0.2) is 37.0 Å². The molecule has 8 heteroatoms. The van der Waals surface area contributed by atoms with Gasteiger partial charge in [-0.2, -0.15) is 5.10 Å². The summed E-state index contributed by atoms with van der Waals surface area (Å²) in [6.45, 7) is 0. The van der Waals surface area contributed by atoms with Crippen molar-refractivity contribution in [3.8, 4) is 34.2 Å². The van der Waals surface area contributed by atoms with Crippen LogP contribution < -0.4 is 25.5 Å². The maximum atomic E-state index is 12.0. The first-order chi connectivity index (χ1) is 13.1. The van der Waals surface area contributed by atoms with E-state index in [4.69, 9.17) is 20.1 Å². The number of nitrogens with zero attached hydrogens (tertiary/aromatic N) is 2. The zero-order valence-corrected chi connectivity index (χ0v) is 15.2. The fourth-order valence-corrected chi connectivity index (χ4v) is 2.69. The number of nitrogens with one attached hydrogen (secondary N) is 1. The van der Waals surface area contributed by atoms with Crippen molar-refractivity contribution in [3.63, 3.8) is 0 Å². The second-order valence-corrected chi connectivity index (χ2v) is 5.56. The van der Waals surface area contributed by atoms with Crippen LogP contribution in [0.25, 0.3) is 16.9 Å². The number of hydrogen-bond donors (Lipinski definition) is 2. The largest absolute Gasteiger partial charge is 0.497 e. The summed E-state index contributed by atoms with van der Waals surface area (Å²) in [5.41, 5.74) is 4.39. The van der Waals surface area contributed by atoms with Gasteiger partial charge in [0.1, 0.15) is 17.2 Å². The fourth-order valence-electron chi connectivity index (χ4n) is 2.69. The zero-order valence-electron chi connectivity index (χ0n) is 15.2. The second-order valence-electron chi connectivity index (χ2n) is 5.56. The summed E-state index contributed by atoms with van der Waals surface area (Å²) in [6, 6.07) is 14.4. The Kier molecular flexibility index (Phi) is 5.28. The first-order valence-corrected chi connectivity index (χ1v) is 8.09. The first-order valence-electron chi connectivity index (χ1n) is 8.09. The molecule has 0 saturated carbocycles. The van der Waals surface area contributed by atoms with Crippen LogP contribution in [0.5, 0.6) is 17.2 Å². The predicted octanol–water partition coefficient (Wildman–Crippen LogP) is 2.17. The molecule has 0 spiro atoms. The van der Waals surface area contributed by atoms with Gasteiger partial charge in [0, 0.05) is 5.56 Å². The molecule has 0 unspecified atom stereocenters. The van der Waals surface area contributed by atoms with E-state index in [2.05, 4.69) is 10.5 Å². The Labute approximate surface area is 156 Å². The number of ether oxygens (including phenoxy) is 3. The molecule has 2 aromatic carbocycles. The molecule has 0 aliphatic heterocycles. The second kappa shape index (κ2) is 7.79. The molecule has 3 rings (SSSR count). The number of carbonyl (C=O) groups excluding carboxylic acids is 1. The van der Waals surface area contributed by atoms with Gasteiger partial charge in [0.15, 0.2) is 5.69 Å². The Balaban J connectivity index is 2.22. The molecule has 1 heterocycles. The molecule has 3 N–H and O–H groups in total. The van der Waals surface area contributed by atoms with E-state index in [1.807, 2.05) is 30.3 Å². The van der Waals surface area contributed by atoms with Crippen molar-refractivity contribution >= 4 is 5.91 Å². The van der Waals surface area contributed by atoms with Gasteiger partial charge in [-0.15, -0.1) is 0 Å². The summed E-state index contributed by atoms with van der Waals surface area (Å²) in [4.78, 5) is 12.0. The third-order valence-electron chi connectivity index (χ3n) is 4.07. The quantitative estimate of drug-likeness (QED) is 0.393. The molecular formula is C19H20N4O4. The molecule has 0 aliphatic carbocycles. The van der Waals surface area contributed by atoms with E-state index < -0.39 is 5.91 Å². The van der Waals surface area contributed by atoms with E-state index in [0.29, 0.717) is 22.9 Å². The maximum absolute atomic E-state index is 12.0. The third kappa shape index (κ3) is 3.56. The Morgan fingerprint density at radius 3 is 2.22 bits per heavy atom. The Morgan fingerprint density at radius 2 is 1.63 bits per heavy atom. The van der Waals surface area contributed by atoms with Gasteiger partial charge in [-0.05, 0) is 48.5 Å². The molecule has 0 bridgehead atoms. The molecule has 0 saturated heterocycles. The number of methoxy groups -OCH3 is 3.